The van der Waals surface area contributed by atoms with Gasteiger partial charge in [-0.15, -0.1) is 0 Å². The molecule has 0 atom stereocenters. The van der Waals surface area contributed by atoms with E-state index in [-0.39, 0.29) is 5.84 Å². The predicted molar refractivity (Wildman–Crippen MR) is 82.1 cm³/mol. The summed E-state index contributed by atoms with van der Waals surface area (Å²) >= 11 is 1.96. The molecule has 0 fully saturated rings. The van der Waals surface area contributed by atoms with Crippen LogP contribution in [-0.4, -0.2) is 27.1 Å². The molecular weight excluding hydrogens is 258 g/mol. The normalized spacial score (nSPS) is 12.2. The lowest BCUT2D eigenvalue weighted by molar-refractivity contribution is 0.318. The van der Waals surface area contributed by atoms with Crippen LogP contribution in [-0.2, 0) is 6.54 Å². The van der Waals surface area contributed by atoms with Gasteiger partial charge in [-0.3, -0.25) is 0 Å². The van der Waals surface area contributed by atoms with Crippen LogP contribution in [0.2, 0.25) is 0 Å². The Morgan fingerprint density at radius 3 is 3.00 bits per heavy atom. The second kappa shape index (κ2) is 6.52. The summed E-state index contributed by atoms with van der Waals surface area (Å²) in [5.74, 6) is 2.49. The molecule has 0 aliphatic heterocycles. The summed E-state index contributed by atoms with van der Waals surface area (Å²) in [6.07, 6.45) is 3.24. The summed E-state index contributed by atoms with van der Waals surface area (Å²) < 4.78 is 2.22. The number of nitrogens with two attached hydrogens (primary N) is 1. The Morgan fingerprint density at radius 1 is 1.42 bits per heavy atom. The summed E-state index contributed by atoms with van der Waals surface area (Å²) in [4.78, 5) is 0. The summed E-state index contributed by atoms with van der Waals surface area (Å²) in [6, 6.07) is 7.93. The molecule has 3 N–H and O–H groups in total. The predicted octanol–water partition coefficient (Wildman–Crippen LogP) is 2.88. The quantitative estimate of drug-likeness (QED) is 0.280. The van der Waals surface area contributed by atoms with Gasteiger partial charge < -0.3 is 15.5 Å². The van der Waals surface area contributed by atoms with Crippen molar-refractivity contribution in [1.29, 1.82) is 0 Å². The Kier molecular flexibility index (Phi) is 4.74. The number of thioether (sulfide) groups is 1. The average Bonchev–Trinajstić information content (AvgIpc) is 2.85. The molecule has 2 aromatic rings. The zero-order chi connectivity index (χ0) is 13.7. The van der Waals surface area contributed by atoms with Gasteiger partial charge in [0.2, 0.25) is 0 Å². The van der Waals surface area contributed by atoms with Crippen molar-refractivity contribution in [2.24, 2.45) is 10.9 Å². The first kappa shape index (κ1) is 13.8. The standard InChI is InChI=1S/C14H19N3OS/c1-2-19-9-3-7-17-8-6-11-4-5-12(10-13(11)17)14(15)16-18/h4-6,8,10,18H,2-3,7,9H2,1H3,(H2,15,16). The van der Waals surface area contributed by atoms with Crippen LogP contribution in [0.3, 0.4) is 0 Å². The number of amidine groups is 1. The van der Waals surface area contributed by atoms with Gasteiger partial charge in [0.1, 0.15) is 0 Å². The van der Waals surface area contributed by atoms with Gasteiger partial charge in [0.05, 0.1) is 0 Å². The topological polar surface area (TPSA) is 63.5 Å². The molecule has 0 aliphatic carbocycles. The lowest BCUT2D eigenvalue weighted by Gasteiger charge is -2.06. The average molecular weight is 277 g/mol. The summed E-state index contributed by atoms with van der Waals surface area (Å²) in [5, 5.41) is 13.0. The van der Waals surface area contributed by atoms with Crippen molar-refractivity contribution in [3.8, 4) is 0 Å². The van der Waals surface area contributed by atoms with E-state index in [4.69, 9.17) is 10.9 Å². The third kappa shape index (κ3) is 3.23. The molecule has 1 aromatic heterocycles. The molecule has 2 rings (SSSR count). The highest BCUT2D eigenvalue weighted by molar-refractivity contribution is 7.99. The lowest BCUT2D eigenvalue weighted by atomic mass is 10.1. The van der Waals surface area contributed by atoms with Gasteiger partial charge >= 0.3 is 0 Å². The first-order chi connectivity index (χ1) is 9.26. The molecular formula is C14H19N3OS. The van der Waals surface area contributed by atoms with Crippen LogP contribution in [0.5, 0.6) is 0 Å². The molecule has 0 spiro atoms. The molecule has 0 amide bonds. The van der Waals surface area contributed by atoms with Crippen LogP contribution in [0.25, 0.3) is 10.9 Å². The Hall–Kier alpha value is -1.62. The van der Waals surface area contributed by atoms with Gasteiger partial charge in [-0.2, -0.15) is 11.8 Å². The van der Waals surface area contributed by atoms with Gasteiger partial charge in [-0.05, 0) is 35.4 Å². The maximum atomic E-state index is 8.73. The van der Waals surface area contributed by atoms with Crippen molar-refractivity contribution in [2.75, 3.05) is 11.5 Å². The molecule has 1 aromatic carbocycles. The van der Waals surface area contributed by atoms with E-state index in [2.05, 4.69) is 28.9 Å². The molecule has 5 heteroatoms. The van der Waals surface area contributed by atoms with Crippen molar-refractivity contribution >= 4 is 28.5 Å². The second-order valence-electron chi connectivity index (χ2n) is 4.32. The molecule has 0 saturated heterocycles. The van der Waals surface area contributed by atoms with Crippen molar-refractivity contribution in [2.45, 2.75) is 19.9 Å². The highest BCUT2D eigenvalue weighted by Crippen LogP contribution is 2.18. The van der Waals surface area contributed by atoms with Gasteiger partial charge in [0.25, 0.3) is 0 Å². The number of benzene rings is 1. The van der Waals surface area contributed by atoms with E-state index in [0.29, 0.717) is 0 Å². The van der Waals surface area contributed by atoms with Crippen LogP contribution in [0.4, 0.5) is 0 Å². The minimum Gasteiger partial charge on any atom is -0.409 e. The maximum Gasteiger partial charge on any atom is 0.170 e. The van der Waals surface area contributed by atoms with E-state index in [1.54, 1.807) is 0 Å². The van der Waals surface area contributed by atoms with Crippen LogP contribution in [0.1, 0.15) is 18.9 Å². The van der Waals surface area contributed by atoms with E-state index < -0.39 is 0 Å². The number of hydrogen-bond acceptors (Lipinski definition) is 3. The second-order valence-corrected chi connectivity index (χ2v) is 5.71. The summed E-state index contributed by atoms with van der Waals surface area (Å²) in [6.45, 7) is 3.18. The lowest BCUT2D eigenvalue weighted by Crippen LogP contribution is -2.13. The van der Waals surface area contributed by atoms with E-state index in [0.717, 1.165) is 24.0 Å². The zero-order valence-electron chi connectivity index (χ0n) is 11.0. The first-order valence-electron chi connectivity index (χ1n) is 6.40. The molecule has 19 heavy (non-hydrogen) atoms. The first-order valence-corrected chi connectivity index (χ1v) is 7.56. The van der Waals surface area contributed by atoms with E-state index in [1.807, 2.05) is 30.0 Å². The Labute approximate surface area is 117 Å². The number of rotatable bonds is 6. The fourth-order valence-corrected chi connectivity index (χ4v) is 2.70. The SMILES string of the molecule is CCSCCCn1ccc2ccc(/C(N)=N/O)cc21. The van der Waals surface area contributed by atoms with Gasteiger partial charge in [-0.25, -0.2) is 0 Å². The van der Waals surface area contributed by atoms with Crippen molar-refractivity contribution < 1.29 is 5.21 Å². The number of nitrogens with zero attached hydrogens (tertiary/aromatic N) is 2. The van der Waals surface area contributed by atoms with Gasteiger partial charge in [-0.1, -0.05) is 24.2 Å². The maximum absolute atomic E-state index is 8.73. The number of aromatic nitrogens is 1. The third-order valence-corrected chi connectivity index (χ3v) is 4.05. The smallest absolute Gasteiger partial charge is 0.170 e. The minimum atomic E-state index is 0.149. The molecule has 4 nitrogen and oxygen atoms in total. The van der Waals surface area contributed by atoms with Crippen molar-refractivity contribution in [1.82, 2.24) is 4.57 Å². The number of fused-ring (bicyclic) bond motifs is 1. The van der Waals surface area contributed by atoms with Crippen molar-refractivity contribution in [3.05, 3.63) is 36.0 Å². The van der Waals surface area contributed by atoms with Gasteiger partial charge in [0.15, 0.2) is 5.84 Å². The van der Waals surface area contributed by atoms with Crippen LogP contribution >= 0.6 is 11.8 Å². The third-order valence-electron chi connectivity index (χ3n) is 3.07. The van der Waals surface area contributed by atoms with Crippen LogP contribution in [0, 0.1) is 0 Å². The summed E-state index contributed by atoms with van der Waals surface area (Å²) in [7, 11) is 0. The fourth-order valence-electron chi connectivity index (χ4n) is 2.08. The molecule has 0 aliphatic rings. The molecule has 0 radical (unpaired) electrons. The number of aryl methyl sites for hydroxylation is 1. The van der Waals surface area contributed by atoms with E-state index >= 15 is 0 Å². The largest absolute Gasteiger partial charge is 0.409 e. The molecule has 102 valence electrons. The Balaban J connectivity index is 2.20. The zero-order valence-corrected chi connectivity index (χ0v) is 11.9. The van der Waals surface area contributed by atoms with Crippen LogP contribution < -0.4 is 5.73 Å². The van der Waals surface area contributed by atoms with Crippen LogP contribution in [0.15, 0.2) is 35.6 Å². The Morgan fingerprint density at radius 2 is 2.26 bits per heavy atom. The highest BCUT2D eigenvalue weighted by atomic mass is 32.2. The summed E-state index contributed by atoms with van der Waals surface area (Å²) in [5.41, 5.74) is 7.51. The molecule has 1 heterocycles. The number of hydrogen-bond donors (Lipinski definition) is 2. The monoisotopic (exact) mass is 277 g/mol. The minimum absolute atomic E-state index is 0.149. The number of oxime groups is 1. The van der Waals surface area contributed by atoms with Gasteiger partial charge in [0, 0.05) is 23.8 Å². The van der Waals surface area contributed by atoms with E-state index in [1.165, 1.54) is 16.9 Å². The molecule has 0 bridgehead atoms. The van der Waals surface area contributed by atoms with E-state index in [9.17, 15) is 0 Å². The van der Waals surface area contributed by atoms with Crippen molar-refractivity contribution in [3.63, 3.8) is 0 Å². The fraction of sp³-hybridized carbons (Fsp3) is 0.357. The molecule has 0 unspecified atom stereocenters. The highest BCUT2D eigenvalue weighted by Gasteiger charge is 2.05. The Bertz CT molecular complexity index is 577. The molecule has 0 saturated carbocycles.